The summed E-state index contributed by atoms with van der Waals surface area (Å²) in [5.41, 5.74) is 0.584. The minimum atomic E-state index is -1.27. The fourth-order valence-corrected chi connectivity index (χ4v) is 1.42. The highest BCUT2D eigenvalue weighted by Gasteiger charge is 2.17. The Morgan fingerprint density at radius 1 is 1.12 bits per heavy atom. The minimum absolute atomic E-state index is 0.272. The molecule has 0 unspecified atom stereocenters. The van der Waals surface area contributed by atoms with Crippen LogP contribution in [-0.2, 0) is 9.59 Å². The molecule has 1 aromatic carbocycles. The summed E-state index contributed by atoms with van der Waals surface area (Å²) in [4.78, 5) is 22.0. The lowest BCUT2D eigenvalue weighted by atomic mass is 9.99. The topological polar surface area (TPSA) is 54.4 Å². The number of carboxylic acid groups (broad SMARTS) is 1. The number of Topliss-reactive ketones (excluding diaryl/α,β-unsaturated/α-hetero) is 1. The van der Waals surface area contributed by atoms with Gasteiger partial charge in [0.1, 0.15) is 11.4 Å². The Bertz CT molecular complexity index is 442. The van der Waals surface area contributed by atoms with Crippen molar-refractivity contribution >= 4 is 17.3 Å². The van der Waals surface area contributed by atoms with E-state index in [1.54, 1.807) is 0 Å². The number of halogens is 1. The predicted molar refractivity (Wildman–Crippen MR) is 57.3 cm³/mol. The molecular weight excluding hydrogens is 211 g/mol. The number of allylic oxidation sites excluding steroid dienone is 1. The molecule has 0 aliphatic carbocycles. The fraction of sp³-hybridized carbons (Fsp3) is 0.167. The van der Waals surface area contributed by atoms with Crippen molar-refractivity contribution < 1.29 is 19.1 Å². The molecule has 0 aromatic heterocycles. The van der Waals surface area contributed by atoms with Crippen molar-refractivity contribution in [2.45, 2.75) is 13.8 Å². The van der Waals surface area contributed by atoms with Gasteiger partial charge in [0.25, 0.3) is 0 Å². The molecule has 1 rings (SSSR count). The quantitative estimate of drug-likeness (QED) is 0.485. The molecule has 3 nitrogen and oxygen atoms in total. The van der Waals surface area contributed by atoms with Crippen LogP contribution in [0.4, 0.5) is 4.39 Å². The average molecular weight is 222 g/mol. The van der Waals surface area contributed by atoms with Crippen molar-refractivity contribution in [2.75, 3.05) is 0 Å². The number of hydrogen-bond acceptors (Lipinski definition) is 2. The van der Waals surface area contributed by atoms with Gasteiger partial charge < -0.3 is 5.11 Å². The normalized spacial score (nSPS) is 11.9. The molecule has 0 aliphatic heterocycles. The third-order valence-corrected chi connectivity index (χ3v) is 2.22. The predicted octanol–water partition coefficient (Wildman–Crippen LogP) is 2.27. The number of carbonyl (C=O) groups excluding carboxylic acids is 1. The van der Waals surface area contributed by atoms with Gasteiger partial charge in [0.2, 0.25) is 0 Å². The zero-order valence-corrected chi connectivity index (χ0v) is 8.95. The number of hydrogen-bond donors (Lipinski definition) is 1. The lowest BCUT2D eigenvalue weighted by Gasteiger charge is -2.05. The molecule has 0 saturated carbocycles. The van der Waals surface area contributed by atoms with Gasteiger partial charge in [0, 0.05) is 0 Å². The molecule has 0 bridgehead atoms. The van der Waals surface area contributed by atoms with E-state index in [0.717, 1.165) is 0 Å². The smallest absolute Gasteiger partial charge is 0.339 e. The maximum absolute atomic E-state index is 12.7. The second-order valence-corrected chi connectivity index (χ2v) is 3.37. The molecule has 4 heteroatoms. The summed E-state index contributed by atoms with van der Waals surface area (Å²) in [5.74, 6) is -2.19. The maximum Gasteiger partial charge on any atom is 0.339 e. The molecule has 0 radical (unpaired) electrons. The monoisotopic (exact) mass is 222 g/mol. The fourth-order valence-electron chi connectivity index (χ4n) is 1.42. The van der Waals surface area contributed by atoms with Crippen LogP contribution in [0.5, 0.6) is 0 Å². The SMILES string of the molecule is CC(=O)C(C(=O)O)=C(C)c1ccc(F)cc1. The number of carbonyl (C=O) groups is 2. The molecule has 16 heavy (non-hydrogen) atoms. The van der Waals surface area contributed by atoms with E-state index in [1.807, 2.05) is 0 Å². The Hall–Kier alpha value is -1.97. The van der Waals surface area contributed by atoms with E-state index in [9.17, 15) is 14.0 Å². The van der Waals surface area contributed by atoms with Gasteiger partial charge in [-0.05, 0) is 37.1 Å². The first-order chi connectivity index (χ1) is 7.43. The Morgan fingerprint density at radius 2 is 1.62 bits per heavy atom. The standard InChI is InChI=1S/C12H11FO3/c1-7(11(8(2)14)12(15)16)9-3-5-10(13)6-4-9/h3-6H,1-2H3,(H,15,16). The summed E-state index contributed by atoms with van der Waals surface area (Å²) in [5, 5.41) is 8.88. The Morgan fingerprint density at radius 3 is 2.00 bits per heavy atom. The highest BCUT2D eigenvalue weighted by molar-refractivity contribution is 6.21. The van der Waals surface area contributed by atoms with Gasteiger partial charge in [0.05, 0.1) is 0 Å². The minimum Gasteiger partial charge on any atom is -0.478 e. The first-order valence-corrected chi connectivity index (χ1v) is 4.64. The molecule has 1 aromatic rings. The summed E-state index contributed by atoms with van der Waals surface area (Å²) in [6.45, 7) is 2.72. The number of benzene rings is 1. The van der Waals surface area contributed by atoms with E-state index in [1.165, 1.54) is 38.1 Å². The molecule has 0 saturated heterocycles. The van der Waals surface area contributed by atoms with E-state index in [-0.39, 0.29) is 5.57 Å². The third kappa shape index (κ3) is 2.53. The van der Waals surface area contributed by atoms with Gasteiger partial charge in [-0.25, -0.2) is 9.18 Å². The lowest BCUT2D eigenvalue weighted by Crippen LogP contribution is -2.11. The van der Waals surface area contributed by atoms with E-state index in [0.29, 0.717) is 11.1 Å². The van der Waals surface area contributed by atoms with Crippen LogP contribution < -0.4 is 0 Å². The van der Waals surface area contributed by atoms with Crippen molar-refractivity contribution in [1.82, 2.24) is 0 Å². The zero-order valence-electron chi connectivity index (χ0n) is 8.95. The lowest BCUT2D eigenvalue weighted by molar-refractivity contribution is -0.134. The van der Waals surface area contributed by atoms with Gasteiger partial charge in [-0.1, -0.05) is 12.1 Å². The summed E-state index contributed by atoms with van der Waals surface area (Å²) in [6.07, 6.45) is 0. The number of aliphatic carboxylic acids is 1. The van der Waals surface area contributed by atoms with Gasteiger partial charge in [-0.3, -0.25) is 4.79 Å². The van der Waals surface area contributed by atoms with Crippen LogP contribution in [0, 0.1) is 5.82 Å². The summed E-state index contributed by atoms with van der Waals surface area (Å²) in [7, 11) is 0. The second-order valence-electron chi connectivity index (χ2n) is 3.37. The number of ketones is 1. The molecule has 0 spiro atoms. The van der Waals surface area contributed by atoms with Crippen molar-refractivity contribution in [3.05, 3.63) is 41.2 Å². The van der Waals surface area contributed by atoms with Crippen LogP contribution in [0.25, 0.3) is 5.57 Å². The van der Waals surface area contributed by atoms with Gasteiger partial charge >= 0.3 is 5.97 Å². The van der Waals surface area contributed by atoms with E-state index in [2.05, 4.69) is 0 Å². The van der Waals surface area contributed by atoms with Crippen LogP contribution in [0.3, 0.4) is 0 Å². The van der Waals surface area contributed by atoms with Crippen molar-refractivity contribution in [2.24, 2.45) is 0 Å². The molecular formula is C12H11FO3. The maximum atomic E-state index is 12.7. The molecule has 0 atom stereocenters. The second kappa shape index (κ2) is 4.70. The first-order valence-electron chi connectivity index (χ1n) is 4.64. The molecule has 1 N–H and O–H groups in total. The summed E-state index contributed by atoms with van der Waals surface area (Å²) in [6, 6.07) is 5.32. The Balaban J connectivity index is 3.29. The largest absolute Gasteiger partial charge is 0.478 e. The average Bonchev–Trinajstić information content (AvgIpc) is 2.17. The van der Waals surface area contributed by atoms with Gasteiger partial charge in [0.15, 0.2) is 5.78 Å². The Labute approximate surface area is 92.2 Å². The highest BCUT2D eigenvalue weighted by atomic mass is 19.1. The molecule has 0 amide bonds. The van der Waals surface area contributed by atoms with E-state index in [4.69, 9.17) is 5.11 Å². The van der Waals surface area contributed by atoms with Crippen molar-refractivity contribution in [1.29, 1.82) is 0 Å². The molecule has 0 aliphatic rings. The summed E-state index contributed by atoms with van der Waals surface area (Å²) < 4.78 is 12.7. The molecule has 0 fully saturated rings. The van der Waals surface area contributed by atoms with Crippen LogP contribution in [-0.4, -0.2) is 16.9 Å². The first kappa shape index (κ1) is 12.1. The third-order valence-electron chi connectivity index (χ3n) is 2.22. The van der Waals surface area contributed by atoms with Crippen LogP contribution in [0.2, 0.25) is 0 Å². The van der Waals surface area contributed by atoms with Crippen molar-refractivity contribution in [3.63, 3.8) is 0 Å². The van der Waals surface area contributed by atoms with E-state index >= 15 is 0 Å². The van der Waals surface area contributed by atoms with Gasteiger partial charge in [-0.2, -0.15) is 0 Å². The summed E-state index contributed by atoms with van der Waals surface area (Å²) >= 11 is 0. The van der Waals surface area contributed by atoms with Crippen LogP contribution in [0.15, 0.2) is 29.8 Å². The Kier molecular flexibility index (Phi) is 3.55. The van der Waals surface area contributed by atoms with Crippen LogP contribution in [0.1, 0.15) is 19.4 Å². The van der Waals surface area contributed by atoms with Crippen molar-refractivity contribution in [3.8, 4) is 0 Å². The number of rotatable bonds is 3. The highest BCUT2D eigenvalue weighted by Crippen LogP contribution is 2.19. The van der Waals surface area contributed by atoms with Crippen LogP contribution >= 0.6 is 0 Å². The molecule has 84 valence electrons. The van der Waals surface area contributed by atoms with Gasteiger partial charge in [-0.15, -0.1) is 0 Å². The van der Waals surface area contributed by atoms with E-state index < -0.39 is 17.6 Å². The zero-order chi connectivity index (χ0) is 12.3. The molecule has 0 heterocycles. The number of carboxylic acids is 1.